The molecule has 1 fully saturated rings. The Hall–Kier alpha value is -3.10. The van der Waals surface area contributed by atoms with Crippen LogP contribution in [0.15, 0.2) is 49.1 Å². The molecule has 1 saturated heterocycles. The number of hydrogen-bond acceptors (Lipinski definition) is 4. The van der Waals surface area contributed by atoms with Crippen LogP contribution in [0.1, 0.15) is 16.8 Å². The number of nitrogens with one attached hydrogen (secondary N) is 1. The van der Waals surface area contributed by atoms with Gasteiger partial charge in [0.2, 0.25) is 5.91 Å². The van der Waals surface area contributed by atoms with Gasteiger partial charge in [-0.3, -0.25) is 4.79 Å². The average molecular weight is 347 g/mol. The molecule has 2 aromatic rings. The summed E-state index contributed by atoms with van der Waals surface area (Å²) in [5.41, 5.74) is 3.47. The fourth-order valence-corrected chi connectivity index (χ4v) is 2.65. The van der Waals surface area contributed by atoms with E-state index in [2.05, 4.69) is 33.6 Å². The minimum atomic E-state index is -0.230. The summed E-state index contributed by atoms with van der Waals surface area (Å²) in [7, 11) is 0. The zero-order chi connectivity index (χ0) is 18.4. The maximum Gasteiger partial charge on any atom is 0.247 e. The number of nitrogens with zero attached hydrogens (tertiary/aromatic N) is 2. The Labute approximate surface area is 153 Å². The number of morpholine rings is 1. The van der Waals surface area contributed by atoms with Gasteiger partial charge in [0.15, 0.2) is 0 Å². The number of amides is 1. The number of pyridine rings is 1. The van der Waals surface area contributed by atoms with E-state index in [1.807, 2.05) is 43.3 Å². The summed E-state index contributed by atoms with van der Waals surface area (Å²) in [5, 5.41) is 2.71. The van der Waals surface area contributed by atoms with E-state index in [1.54, 1.807) is 0 Å². The van der Waals surface area contributed by atoms with Crippen molar-refractivity contribution in [2.75, 3.05) is 36.5 Å². The number of benzene rings is 1. The Morgan fingerprint density at radius 3 is 2.58 bits per heavy atom. The second-order valence-corrected chi connectivity index (χ2v) is 5.98. The molecule has 0 bridgehead atoms. The summed E-state index contributed by atoms with van der Waals surface area (Å²) in [4.78, 5) is 18.1. The van der Waals surface area contributed by atoms with Crippen LogP contribution >= 0.6 is 0 Å². The fourth-order valence-electron chi connectivity index (χ4n) is 2.65. The van der Waals surface area contributed by atoms with Gasteiger partial charge >= 0.3 is 0 Å². The third kappa shape index (κ3) is 4.71. The van der Waals surface area contributed by atoms with Crippen LogP contribution in [-0.2, 0) is 9.53 Å². The summed E-state index contributed by atoms with van der Waals surface area (Å²) >= 11 is 0. The highest BCUT2D eigenvalue weighted by molar-refractivity contribution is 5.98. The zero-order valence-corrected chi connectivity index (χ0v) is 14.8. The lowest BCUT2D eigenvalue weighted by molar-refractivity contribution is -0.111. The number of aromatic nitrogens is 1. The molecule has 2 heterocycles. The van der Waals surface area contributed by atoms with Crippen molar-refractivity contribution >= 4 is 17.4 Å². The minimum absolute atomic E-state index is 0.230. The van der Waals surface area contributed by atoms with Crippen molar-refractivity contribution in [1.82, 2.24) is 4.98 Å². The molecular formula is C21H21N3O2. The number of rotatable bonds is 3. The van der Waals surface area contributed by atoms with E-state index in [0.717, 1.165) is 54.6 Å². The Morgan fingerprint density at radius 1 is 1.19 bits per heavy atom. The molecule has 1 amide bonds. The van der Waals surface area contributed by atoms with Crippen LogP contribution in [0, 0.1) is 18.8 Å². The molecule has 0 spiro atoms. The number of carbonyl (C=O) groups excluding carboxylic acids is 1. The summed E-state index contributed by atoms with van der Waals surface area (Å²) in [6, 6.07) is 11.4. The number of anilines is 2. The SMILES string of the molecule is C=CC(=O)Nc1ccc(C#Cc2cc(C)nc(N3CCOCC3)c2)cc1. The smallest absolute Gasteiger partial charge is 0.247 e. The van der Waals surface area contributed by atoms with Crippen molar-refractivity contribution in [3.8, 4) is 11.8 Å². The van der Waals surface area contributed by atoms with E-state index < -0.39 is 0 Å². The molecule has 5 heteroatoms. The van der Waals surface area contributed by atoms with Crippen molar-refractivity contribution in [2.45, 2.75) is 6.92 Å². The molecule has 26 heavy (non-hydrogen) atoms. The van der Waals surface area contributed by atoms with Gasteiger partial charge in [-0.2, -0.15) is 0 Å². The Morgan fingerprint density at radius 2 is 1.88 bits per heavy atom. The highest BCUT2D eigenvalue weighted by Crippen LogP contribution is 2.16. The Bertz CT molecular complexity index is 857. The molecule has 1 aliphatic rings. The van der Waals surface area contributed by atoms with Crippen LogP contribution in [-0.4, -0.2) is 37.2 Å². The monoisotopic (exact) mass is 347 g/mol. The lowest BCUT2D eigenvalue weighted by Gasteiger charge is -2.28. The standard InChI is InChI=1S/C21H21N3O2/c1-3-21(25)23-19-8-6-17(7-9-19)4-5-18-14-16(2)22-20(15-18)24-10-12-26-13-11-24/h3,6-9,14-15H,1,10-13H2,2H3,(H,23,25). The van der Waals surface area contributed by atoms with E-state index in [0.29, 0.717) is 0 Å². The van der Waals surface area contributed by atoms with E-state index in [1.165, 1.54) is 6.08 Å². The van der Waals surface area contributed by atoms with Crippen LogP contribution < -0.4 is 10.2 Å². The van der Waals surface area contributed by atoms with Crippen molar-refractivity contribution in [3.05, 3.63) is 65.9 Å². The first-order chi connectivity index (χ1) is 12.6. The first-order valence-electron chi connectivity index (χ1n) is 8.51. The molecule has 1 aromatic heterocycles. The van der Waals surface area contributed by atoms with E-state index >= 15 is 0 Å². The topological polar surface area (TPSA) is 54.5 Å². The summed E-state index contributed by atoms with van der Waals surface area (Å²) in [5.74, 6) is 7.07. The predicted octanol–water partition coefficient (Wildman–Crippen LogP) is 2.75. The lowest BCUT2D eigenvalue weighted by atomic mass is 10.1. The second-order valence-electron chi connectivity index (χ2n) is 5.98. The van der Waals surface area contributed by atoms with Crippen molar-refractivity contribution in [2.24, 2.45) is 0 Å². The van der Waals surface area contributed by atoms with Crippen molar-refractivity contribution < 1.29 is 9.53 Å². The van der Waals surface area contributed by atoms with Gasteiger partial charge in [0.25, 0.3) is 0 Å². The minimum Gasteiger partial charge on any atom is -0.378 e. The molecule has 0 radical (unpaired) electrons. The van der Waals surface area contributed by atoms with Gasteiger partial charge in [-0.25, -0.2) is 4.98 Å². The molecule has 1 aromatic carbocycles. The second kappa shape index (κ2) is 8.32. The Balaban J connectivity index is 1.75. The first kappa shape index (κ1) is 17.7. The normalized spacial score (nSPS) is 13.5. The summed E-state index contributed by atoms with van der Waals surface area (Å²) in [6.07, 6.45) is 1.24. The van der Waals surface area contributed by atoms with E-state index in [4.69, 9.17) is 4.74 Å². The predicted molar refractivity (Wildman–Crippen MR) is 103 cm³/mol. The maximum absolute atomic E-state index is 11.3. The molecule has 0 atom stereocenters. The first-order valence-corrected chi connectivity index (χ1v) is 8.51. The van der Waals surface area contributed by atoms with Gasteiger partial charge in [-0.1, -0.05) is 18.4 Å². The van der Waals surface area contributed by atoms with Gasteiger partial charge in [-0.15, -0.1) is 0 Å². The van der Waals surface area contributed by atoms with Crippen molar-refractivity contribution in [3.63, 3.8) is 0 Å². The van der Waals surface area contributed by atoms with Crippen molar-refractivity contribution in [1.29, 1.82) is 0 Å². The van der Waals surface area contributed by atoms with Crippen LogP contribution in [0.2, 0.25) is 0 Å². The Kier molecular flexibility index (Phi) is 5.67. The van der Waals surface area contributed by atoms with Crippen LogP contribution in [0.25, 0.3) is 0 Å². The number of carbonyl (C=O) groups is 1. The third-order valence-corrected chi connectivity index (χ3v) is 3.96. The molecule has 1 aliphatic heterocycles. The quantitative estimate of drug-likeness (QED) is 0.685. The highest BCUT2D eigenvalue weighted by Gasteiger charge is 2.13. The third-order valence-electron chi connectivity index (χ3n) is 3.96. The molecule has 0 unspecified atom stereocenters. The van der Waals surface area contributed by atoms with Crippen LogP contribution in [0.4, 0.5) is 11.5 Å². The van der Waals surface area contributed by atoms with Gasteiger partial charge < -0.3 is 15.0 Å². The molecule has 3 rings (SSSR count). The number of ether oxygens (including phenoxy) is 1. The maximum atomic E-state index is 11.3. The molecule has 0 saturated carbocycles. The average Bonchev–Trinajstić information content (AvgIpc) is 2.67. The van der Waals surface area contributed by atoms with Gasteiger partial charge in [0.05, 0.1) is 13.2 Å². The zero-order valence-electron chi connectivity index (χ0n) is 14.8. The van der Waals surface area contributed by atoms with E-state index in [9.17, 15) is 4.79 Å². The lowest BCUT2D eigenvalue weighted by Crippen LogP contribution is -2.36. The molecule has 0 aliphatic carbocycles. The molecular weight excluding hydrogens is 326 g/mol. The van der Waals surface area contributed by atoms with Crippen LogP contribution in [0.5, 0.6) is 0 Å². The van der Waals surface area contributed by atoms with Gasteiger partial charge in [-0.05, 0) is 49.4 Å². The van der Waals surface area contributed by atoms with Crippen LogP contribution in [0.3, 0.4) is 0 Å². The summed E-state index contributed by atoms with van der Waals surface area (Å²) in [6.45, 7) is 8.57. The summed E-state index contributed by atoms with van der Waals surface area (Å²) < 4.78 is 5.40. The molecule has 1 N–H and O–H groups in total. The fraction of sp³-hybridized carbons (Fsp3) is 0.238. The highest BCUT2D eigenvalue weighted by atomic mass is 16.5. The number of hydrogen-bond donors (Lipinski definition) is 1. The van der Waals surface area contributed by atoms with Gasteiger partial charge in [0.1, 0.15) is 5.82 Å². The van der Waals surface area contributed by atoms with E-state index in [-0.39, 0.29) is 5.91 Å². The molecule has 5 nitrogen and oxygen atoms in total. The molecule has 132 valence electrons. The number of aryl methyl sites for hydroxylation is 1. The van der Waals surface area contributed by atoms with Gasteiger partial charge in [0, 0.05) is 35.6 Å². The largest absolute Gasteiger partial charge is 0.378 e.